The molecular weight excluding hydrogens is 446 g/mol. The molecule has 2 aromatic carbocycles. The number of nitrogens with one attached hydrogen (secondary N) is 1. The van der Waals surface area contributed by atoms with E-state index >= 15 is 0 Å². The average Bonchev–Trinajstić information content (AvgIpc) is 3.12. The molecule has 34 heavy (non-hydrogen) atoms. The van der Waals surface area contributed by atoms with Crippen LogP contribution in [0.1, 0.15) is 49.9 Å². The largest absolute Gasteiger partial charge is 0.485 e. The molecule has 1 aliphatic carbocycles. The first-order chi connectivity index (χ1) is 16.6. The van der Waals surface area contributed by atoms with Gasteiger partial charge in [-0.05, 0) is 43.5 Å². The molecule has 0 unspecified atom stereocenters. The molecule has 7 nitrogen and oxygen atoms in total. The molecule has 1 fully saturated rings. The fraction of sp³-hybridized carbons (Fsp3) is 0.385. The van der Waals surface area contributed by atoms with Gasteiger partial charge in [-0.2, -0.15) is 5.26 Å². The third-order valence-electron chi connectivity index (χ3n) is 6.05. The highest BCUT2D eigenvalue weighted by Gasteiger charge is 2.32. The number of hydrogen-bond donors (Lipinski definition) is 1. The zero-order valence-electron chi connectivity index (χ0n) is 19.4. The summed E-state index contributed by atoms with van der Waals surface area (Å²) >= 11 is 1.31. The summed E-state index contributed by atoms with van der Waals surface area (Å²) in [5, 5.41) is 22.1. The van der Waals surface area contributed by atoms with Gasteiger partial charge in [0.25, 0.3) is 0 Å². The number of amides is 1. The maximum absolute atomic E-state index is 12.8. The first-order valence-electron chi connectivity index (χ1n) is 11.6. The quantitative estimate of drug-likeness (QED) is 0.365. The van der Waals surface area contributed by atoms with Gasteiger partial charge in [0.1, 0.15) is 17.9 Å². The molecule has 0 aliphatic heterocycles. The van der Waals surface area contributed by atoms with E-state index in [1.165, 1.54) is 11.8 Å². The highest BCUT2D eigenvalue weighted by atomic mass is 32.2. The van der Waals surface area contributed by atoms with Gasteiger partial charge in [0.2, 0.25) is 5.91 Å². The Balaban J connectivity index is 1.48. The number of thioether (sulfide) groups is 1. The number of benzene rings is 2. The molecule has 1 aliphatic rings. The van der Waals surface area contributed by atoms with Gasteiger partial charge in [-0.3, -0.25) is 9.36 Å². The summed E-state index contributed by atoms with van der Waals surface area (Å²) in [5.74, 6) is 1.44. The Bertz CT molecular complexity index is 1150. The van der Waals surface area contributed by atoms with Crippen molar-refractivity contribution in [2.45, 2.75) is 62.8 Å². The maximum Gasteiger partial charge on any atom is 0.231 e. The van der Waals surface area contributed by atoms with Crippen molar-refractivity contribution in [3.05, 3.63) is 66.0 Å². The lowest BCUT2D eigenvalue weighted by Gasteiger charge is -2.26. The van der Waals surface area contributed by atoms with Gasteiger partial charge in [-0.15, -0.1) is 10.2 Å². The molecule has 1 saturated carbocycles. The Labute approximate surface area is 204 Å². The van der Waals surface area contributed by atoms with Crippen LogP contribution < -0.4 is 10.1 Å². The number of aromatic nitrogens is 3. The summed E-state index contributed by atoms with van der Waals surface area (Å²) in [6.45, 7) is 2.25. The number of carbonyl (C=O) groups excluding carboxylic acids is 1. The highest BCUT2D eigenvalue weighted by Crippen LogP contribution is 2.28. The minimum atomic E-state index is -0.756. The van der Waals surface area contributed by atoms with Crippen molar-refractivity contribution < 1.29 is 9.53 Å². The lowest BCUT2D eigenvalue weighted by atomic mass is 9.92. The lowest BCUT2D eigenvalue weighted by Crippen LogP contribution is -2.47. The minimum absolute atomic E-state index is 0.159. The number of nitriles is 1. The Hall–Kier alpha value is -3.31. The highest BCUT2D eigenvalue weighted by molar-refractivity contribution is 7.99. The van der Waals surface area contributed by atoms with E-state index in [0.717, 1.165) is 42.7 Å². The Kier molecular flexibility index (Phi) is 7.86. The van der Waals surface area contributed by atoms with Crippen molar-refractivity contribution >= 4 is 17.7 Å². The van der Waals surface area contributed by atoms with Crippen LogP contribution in [0.25, 0.3) is 5.69 Å². The topological polar surface area (TPSA) is 92.8 Å². The molecule has 176 valence electrons. The number of aryl methyl sites for hydroxylation is 1. The van der Waals surface area contributed by atoms with Gasteiger partial charge in [0.15, 0.2) is 11.0 Å². The molecule has 0 spiro atoms. The third-order valence-corrected chi connectivity index (χ3v) is 6.98. The fourth-order valence-electron chi connectivity index (χ4n) is 4.21. The molecule has 8 heteroatoms. The summed E-state index contributed by atoms with van der Waals surface area (Å²) in [6.07, 6.45) is 5.57. The molecule has 1 N–H and O–H groups in total. The van der Waals surface area contributed by atoms with Gasteiger partial charge in [0.05, 0.1) is 11.8 Å². The van der Waals surface area contributed by atoms with Crippen LogP contribution in [0.15, 0.2) is 59.8 Å². The van der Waals surface area contributed by atoms with Crippen molar-refractivity contribution in [1.29, 1.82) is 5.26 Å². The van der Waals surface area contributed by atoms with E-state index in [1.807, 2.05) is 66.1 Å². The Morgan fingerprint density at radius 2 is 1.79 bits per heavy atom. The second-order valence-electron chi connectivity index (χ2n) is 8.57. The number of nitrogens with zero attached hydrogens (tertiary/aromatic N) is 4. The zero-order valence-corrected chi connectivity index (χ0v) is 20.2. The standard InChI is InChI=1S/C26H29N5O2S/c1-20-11-7-8-14-22(20)33-17-23-29-30-25(31(23)21-12-5-4-6-13-21)34-18-24(32)28-26(19-27)15-9-2-3-10-16-26/h4-8,11-14H,2-3,9-10,15-18H2,1H3,(H,28,32). The first-order valence-corrected chi connectivity index (χ1v) is 12.6. The lowest BCUT2D eigenvalue weighted by molar-refractivity contribution is -0.120. The number of ether oxygens (including phenoxy) is 1. The van der Waals surface area contributed by atoms with Crippen molar-refractivity contribution in [3.63, 3.8) is 0 Å². The van der Waals surface area contributed by atoms with Crippen molar-refractivity contribution in [2.24, 2.45) is 0 Å². The fourth-order valence-corrected chi connectivity index (χ4v) is 4.99. The summed E-state index contributed by atoms with van der Waals surface area (Å²) < 4.78 is 7.93. The van der Waals surface area contributed by atoms with Crippen LogP contribution >= 0.6 is 11.8 Å². The monoisotopic (exact) mass is 475 g/mol. The maximum atomic E-state index is 12.8. The summed E-state index contributed by atoms with van der Waals surface area (Å²) in [5.41, 5.74) is 1.19. The molecular formula is C26H29N5O2S. The van der Waals surface area contributed by atoms with E-state index in [0.29, 0.717) is 23.8 Å². The van der Waals surface area contributed by atoms with Crippen LogP contribution in [0.4, 0.5) is 0 Å². The summed E-state index contributed by atoms with van der Waals surface area (Å²) in [6, 6.07) is 20.0. The van der Waals surface area contributed by atoms with Crippen LogP contribution in [0, 0.1) is 18.3 Å². The number of para-hydroxylation sites is 2. The summed E-state index contributed by atoms with van der Waals surface area (Å²) in [4.78, 5) is 12.8. The van der Waals surface area contributed by atoms with E-state index in [9.17, 15) is 10.1 Å². The van der Waals surface area contributed by atoms with E-state index in [1.54, 1.807) is 0 Å². The smallest absolute Gasteiger partial charge is 0.231 e. The number of hydrogen-bond acceptors (Lipinski definition) is 6. The van der Waals surface area contributed by atoms with Gasteiger partial charge < -0.3 is 10.1 Å². The van der Waals surface area contributed by atoms with Crippen molar-refractivity contribution in [1.82, 2.24) is 20.1 Å². The second-order valence-corrected chi connectivity index (χ2v) is 9.51. The molecule has 1 amide bonds. The molecule has 4 rings (SSSR count). The van der Waals surface area contributed by atoms with E-state index < -0.39 is 5.54 Å². The van der Waals surface area contributed by atoms with Gasteiger partial charge in [-0.1, -0.05) is 73.8 Å². The van der Waals surface area contributed by atoms with Crippen LogP contribution in [0.5, 0.6) is 5.75 Å². The SMILES string of the molecule is Cc1ccccc1OCc1nnc(SCC(=O)NC2(C#N)CCCCCC2)n1-c1ccccc1. The minimum Gasteiger partial charge on any atom is -0.485 e. The van der Waals surface area contributed by atoms with Crippen molar-refractivity contribution in [3.8, 4) is 17.5 Å². The van der Waals surface area contributed by atoms with E-state index in [2.05, 4.69) is 21.6 Å². The molecule has 0 atom stereocenters. The Morgan fingerprint density at radius 3 is 2.50 bits per heavy atom. The Morgan fingerprint density at radius 1 is 1.09 bits per heavy atom. The molecule has 1 heterocycles. The third kappa shape index (κ3) is 5.78. The van der Waals surface area contributed by atoms with Crippen LogP contribution in [0.3, 0.4) is 0 Å². The normalized spacial score (nSPS) is 15.2. The molecule has 1 aromatic heterocycles. The summed E-state index contributed by atoms with van der Waals surface area (Å²) in [7, 11) is 0. The van der Waals surface area contributed by atoms with E-state index in [-0.39, 0.29) is 18.3 Å². The van der Waals surface area contributed by atoms with E-state index in [4.69, 9.17) is 4.74 Å². The van der Waals surface area contributed by atoms with Gasteiger partial charge in [0, 0.05) is 5.69 Å². The molecule has 3 aromatic rings. The predicted molar refractivity (Wildman–Crippen MR) is 132 cm³/mol. The van der Waals surface area contributed by atoms with Crippen LogP contribution in [0.2, 0.25) is 0 Å². The van der Waals surface area contributed by atoms with Crippen LogP contribution in [-0.4, -0.2) is 32.0 Å². The number of rotatable bonds is 8. The average molecular weight is 476 g/mol. The van der Waals surface area contributed by atoms with Gasteiger partial charge in [-0.25, -0.2) is 0 Å². The molecule has 0 radical (unpaired) electrons. The predicted octanol–water partition coefficient (Wildman–Crippen LogP) is 4.98. The number of carbonyl (C=O) groups is 1. The molecule has 0 bridgehead atoms. The first kappa shape index (κ1) is 23.8. The van der Waals surface area contributed by atoms with Crippen molar-refractivity contribution in [2.75, 3.05) is 5.75 Å². The van der Waals surface area contributed by atoms with Gasteiger partial charge >= 0.3 is 0 Å². The van der Waals surface area contributed by atoms with Crippen LogP contribution in [-0.2, 0) is 11.4 Å². The molecule has 0 saturated heterocycles. The zero-order chi connectivity index (χ0) is 23.8. The second kappa shape index (κ2) is 11.2.